The van der Waals surface area contributed by atoms with Crippen LogP contribution >= 0.6 is 0 Å². The van der Waals surface area contributed by atoms with Crippen LogP contribution < -0.4 is 5.32 Å². The molecule has 27 heavy (non-hydrogen) atoms. The van der Waals surface area contributed by atoms with Gasteiger partial charge in [0.1, 0.15) is 0 Å². The third-order valence-corrected chi connectivity index (χ3v) is 4.28. The first-order valence-electron chi connectivity index (χ1n) is 8.67. The molecule has 3 aromatic rings. The first-order chi connectivity index (χ1) is 12.8. The number of hydrogen-bond donors (Lipinski definition) is 1. The van der Waals surface area contributed by atoms with E-state index in [4.69, 9.17) is 4.74 Å². The number of nitrogens with one attached hydrogen (secondary N) is 1. The number of aromatic nitrogens is 2. The standard InChI is InChI=1S/C21H21N3O3/c1-12-5-8-17(9-6-12)24-20(25)15(4)27-21(26)16-7-10-18-19(11-16)23-14(3)13(2)22-18/h5-11,15H,1-4H3,(H,24,25)/t15-/m0/s1. The van der Waals surface area contributed by atoms with E-state index in [1.807, 2.05) is 32.9 Å². The Kier molecular flexibility index (Phi) is 5.16. The summed E-state index contributed by atoms with van der Waals surface area (Å²) in [6.45, 7) is 7.26. The molecule has 1 amide bonds. The summed E-state index contributed by atoms with van der Waals surface area (Å²) in [6, 6.07) is 12.4. The lowest BCUT2D eigenvalue weighted by Crippen LogP contribution is -2.30. The maximum absolute atomic E-state index is 12.4. The Balaban J connectivity index is 1.70. The van der Waals surface area contributed by atoms with Crippen molar-refractivity contribution in [1.82, 2.24) is 9.97 Å². The van der Waals surface area contributed by atoms with Gasteiger partial charge in [-0.15, -0.1) is 0 Å². The van der Waals surface area contributed by atoms with Crippen LogP contribution in [-0.2, 0) is 9.53 Å². The fourth-order valence-electron chi connectivity index (χ4n) is 2.52. The highest BCUT2D eigenvalue weighted by molar-refractivity contribution is 5.98. The first kappa shape index (κ1) is 18.5. The number of anilines is 1. The summed E-state index contributed by atoms with van der Waals surface area (Å²) < 4.78 is 5.30. The normalized spacial score (nSPS) is 11.9. The van der Waals surface area contributed by atoms with Gasteiger partial charge >= 0.3 is 5.97 Å². The monoisotopic (exact) mass is 363 g/mol. The number of benzene rings is 2. The lowest BCUT2D eigenvalue weighted by molar-refractivity contribution is -0.123. The zero-order chi connectivity index (χ0) is 19.6. The van der Waals surface area contributed by atoms with Crippen molar-refractivity contribution >= 4 is 28.6 Å². The Morgan fingerprint density at radius 1 is 0.926 bits per heavy atom. The van der Waals surface area contributed by atoms with E-state index in [1.54, 1.807) is 30.3 Å². The molecule has 0 aliphatic carbocycles. The topological polar surface area (TPSA) is 81.2 Å². The van der Waals surface area contributed by atoms with Crippen molar-refractivity contribution < 1.29 is 14.3 Å². The fraction of sp³-hybridized carbons (Fsp3) is 0.238. The second-order valence-electron chi connectivity index (χ2n) is 6.50. The molecule has 138 valence electrons. The number of carbonyl (C=O) groups excluding carboxylic acids is 2. The lowest BCUT2D eigenvalue weighted by atomic mass is 10.2. The van der Waals surface area contributed by atoms with E-state index >= 15 is 0 Å². The first-order valence-corrected chi connectivity index (χ1v) is 8.67. The van der Waals surface area contributed by atoms with Crippen LogP contribution in [0.5, 0.6) is 0 Å². The predicted octanol–water partition coefficient (Wildman–Crippen LogP) is 3.74. The van der Waals surface area contributed by atoms with Gasteiger partial charge in [-0.3, -0.25) is 4.79 Å². The summed E-state index contributed by atoms with van der Waals surface area (Å²) >= 11 is 0. The van der Waals surface area contributed by atoms with Crippen LogP contribution in [-0.4, -0.2) is 27.9 Å². The van der Waals surface area contributed by atoms with Crippen molar-refractivity contribution in [2.24, 2.45) is 0 Å². The minimum Gasteiger partial charge on any atom is -0.449 e. The van der Waals surface area contributed by atoms with Crippen molar-refractivity contribution in [2.45, 2.75) is 33.8 Å². The number of esters is 1. The molecule has 6 nitrogen and oxygen atoms in total. The molecule has 6 heteroatoms. The summed E-state index contributed by atoms with van der Waals surface area (Å²) in [7, 11) is 0. The van der Waals surface area contributed by atoms with Gasteiger partial charge in [-0.25, -0.2) is 14.8 Å². The van der Waals surface area contributed by atoms with Gasteiger partial charge in [0.05, 0.1) is 28.0 Å². The van der Waals surface area contributed by atoms with E-state index < -0.39 is 12.1 Å². The Morgan fingerprint density at radius 2 is 1.56 bits per heavy atom. The number of fused-ring (bicyclic) bond motifs is 1. The average molecular weight is 363 g/mol. The molecule has 1 N–H and O–H groups in total. The molecule has 0 unspecified atom stereocenters. The number of carbonyl (C=O) groups is 2. The molecule has 0 saturated heterocycles. The van der Waals surface area contributed by atoms with Crippen LogP contribution in [0.25, 0.3) is 11.0 Å². The molecule has 0 aliphatic rings. The fourth-order valence-corrected chi connectivity index (χ4v) is 2.52. The molecule has 1 aromatic heterocycles. The lowest BCUT2D eigenvalue weighted by Gasteiger charge is -2.14. The minimum atomic E-state index is -0.930. The van der Waals surface area contributed by atoms with Crippen LogP contribution in [0, 0.1) is 20.8 Å². The Bertz CT molecular complexity index is 1010. The van der Waals surface area contributed by atoms with Crippen molar-refractivity contribution in [3.8, 4) is 0 Å². The summed E-state index contributed by atoms with van der Waals surface area (Å²) in [5, 5.41) is 2.73. The van der Waals surface area contributed by atoms with Crippen molar-refractivity contribution in [1.29, 1.82) is 0 Å². The van der Waals surface area contributed by atoms with Gasteiger partial charge in [-0.1, -0.05) is 17.7 Å². The highest BCUT2D eigenvalue weighted by Gasteiger charge is 2.19. The largest absolute Gasteiger partial charge is 0.449 e. The van der Waals surface area contributed by atoms with E-state index in [-0.39, 0.29) is 5.91 Å². The van der Waals surface area contributed by atoms with Crippen LogP contribution in [0.3, 0.4) is 0 Å². The predicted molar refractivity (Wildman–Crippen MR) is 104 cm³/mol. The van der Waals surface area contributed by atoms with Crippen LogP contribution in [0.1, 0.15) is 34.2 Å². The van der Waals surface area contributed by atoms with Gasteiger partial charge in [-0.2, -0.15) is 0 Å². The molecule has 0 saturated carbocycles. The van der Waals surface area contributed by atoms with Gasteiger partial charge in [-0.05, 0) is 58.0 Å². The second kappa shape index (κ2) is 7.53. The summed E-state index contributed by atoms with van der Waals surface area (Å²) in [5.41, 5.74) is 5.05. The smallest absolute Gasteiger partial charge is 0.338 e. The third kappa shape index (κ3) is 4.28. The van der Waals surface area contributed by atoms with Gasteiger partial charge < -0.3 is 10.1 Å². The molecule has 1 atom stereocenters. The SMILES string of the molecule is Cc1ccc(NC(=O)[C@H](C)OC(=O)c2ccc3nc(C)c(C)nc3c2)cc1. The molecule has 0 fully saturated rings. The molecule has 0 radical (unpaired) electrons. The third-order valence-electron chi connectivity index (χ3n) is 4.28. The Labute approximate surface area is 157 Å². The Hall–Kier alpha value is -3.28. The molecule has 2 aromatic carbocycles. The summed E-state index contributed by atoms with van der Waals surface area (Å²) in [4.78, 5) is 33.5. The van der Waals surface area contributed by atoms with Crippen molar-refractivity contribution in [3.63, 3.8) is 0 Å². The van der Waals surface area contributed by atoms with Crippen molar-refractivity contribution in [3.05, 3.63) is 65.0 Å². The molecule has 1 heterocycles. The summed E-state index contributed by atoms with van der Waals surface area (Å²) in [6.07, 6.45) is -0.930. The second-order valence-corrected chi connectivity index (χ2v) is 6.50. The highest BCUT2D eigenvalue weighted by Crippen LogP contribution is 2.16. The maximum atomic E-state index is 12.4. The van der Waals surface area contributed by atoms with Crippen LogP contribution in [0.4, 0.5) is 5.69 Å². The van der Waals surface area contributed by atoms with Gasteiger partial charge in [0.15, 0.2) is 6.10 Å². The quantitative estimate of drug-likeness (QED) is 0.714. The number of nitrogens with zero attached hydrogens (tertiary/aromatic N) is 2. The van der Waals surface area contributed by atoms with Crippen LogP contribution in [0.2, 0.25) is 0 Å². The van der Waals surface area contributed by atoms with Gasteiger partial charge in [0.25, 0.3) is 5.91 Å². The number of rotatable bonds is 4. The molecule has 3 rings (SSSR count). The minimum absolute atomic E-state index is 0.329. The van der Waals surface area contributed by atoms with E-state index in [2.05, 4.69) is 15.3 Å². The number of ether oxygens (including phenoxy) is 1. The van der Waals surface area contributed by atoms with Gasteiger partial charge in [0.2, 0.25) is 0 Å². The van der Waals surface area contributed by atoms with E-state index in [0.29, 0.717) is 22.3 Å². The molecule has 0 aliphatic heterocycles. The average Bonchev–Trinajstić information content (AvgIpc) is 2.64. The van der Waals surface area contributed by atoms with E-state index in [1.165, 1.54) is 6.92 Å². The zero-order valence-corrected chi connectivity index (χ0v) is 15.7. The zero-order valence-electron chi connectivity index (χ0n) is 15.7. The maximum Gasteiger partial charge on any atom is 0.338 e. The summed E-state index contributed by atoms with van der Waals surface area (Å²) in [5.74, 6) is -0.970. The molecule has 0 bridgehead atoms. The molecule has 0 spiro atoms. The van der Waals surface area contributed by atoms with E-state index in [9.17, 15) is 9.59 Å². The Morgan fingerprint density at radius 3 is 2.22 bits per heavy atom. The molecular weight excluding hydrogens is 342 g/mol. The van der Waals surface area contributed by atoms with Gasteiger partial charge in [0, 0.05) is 5.69 Å². The number of amides is 1. The van der Waals surface area contributed by atoms with Crippen LogP contribution in [0.15, 0.2) is 42.5 Å². The number of hydrogen-bond acceptors (Lipinski definition) is 5. The van der Waals surface area contributed by atoms with Crippen molar-refractivity contribution in [2.75, 3.05) is 5.32 Å². The molecular formula is C21H21N3O3. The number of aryl methyl sites for hydroxylation is 3. The highest BCUT2D eigenvalue weighted by atomic mass is 16.5. The van der Waals surface area contributed by atoms with E-state index in [0.717, 1.165) is 17.0 Å².